The molecule has 0 aromatic carbocycles. The number of pyridine rings is 1. The summed E-state index contributed by atoms with van der Waals surface area (Å²) in [6.07, 6.45) is 7.42. The van der Waals surface area contributed by atoms with Gasteiger partial charge >= 0.3 is 0 Å². The van der Waals surface area contributed by atoms with Crippen molar-refractivity contribution in [1.29, 1.82) is 0 Å². The third-order valence-corrected chi connectivity index (χ3v) is 5.11. The van der Waals surface area contributed by atoms with Crippen molar-refractivity contribution in [3.8, 4) is 0 Å². The van der Waals surface area contributed by atoms with Crippen LogP contribution in [-0.2, 0) is 17.8 Å². The Morgan fingerprint density at radius 2 is 2.16 bits per heavy atom. The van der Waals surface area contributed by atoms with Crippen molar-refractivity contribution in [2.75, 3.05) is 18.4 Å². The van der Waals surface area contributed by atoms with Gasteiger partial charge in [-0.15, -0.1) is 0 Å². The van der Waals surface area contributed by atoms with Gasteiger partial charge in [0.15, 0.2) is 0 Å². The van der Waals surface area contributed by atoms with E-state index in [1.807, 2.05) is 17.9 Å². The molecule has 130 valence electrons. The summed E-state index contributed by atoms with van der Waals surface area (Å²) in [6, 6.07) is 2.02. The molecule has 0 atom stereocenters. The van der Waals surface area contributed by atoms with Crippen LogP contribution in [0.2, 0.25) is 0 Å². The first-order valence-electron chi connectivity index (χ1n) is 8.75. The second kappa shape index (κ2) is 6.31. The molecule has 7 nitrogen and oxygen atoms in total. The van der Waals surface area contributed by atoms with Crippen LogP contribution in [-0.4, -0.2) is 44.6 Å². The molecule has 2 aliphatic rings. The number of amides is 2. The zero-order valence-electron chi connectivity index (χ0n) is 14.2. The van der Waals surface area contributed by atoms with Gasteiger partial charge in [-0.3, -0.25) is 14.3 Å². The highest BCUT2D eigenvalue weighted by Crippen LogP contribution is 2.35. The quantitative estimate of drug-likeness (QED) is 0.925. The van der Waals surface area contributed by atoms with Crippen LogP contribution in [0.1, 0.15) is 47.2 Å². The predicted molar refractivity (Wildman–Crippen MR) is 92.4 cm³/mol. The molecule has 2 aliphatic heterocycles. The Morgan fingerprint density at radius 3 is 2.88 bits per heavy atom. The minimum atomic E-state index is 0.00972. The van der Waals surface area contributed by atoms with Gasteiger partial charge in [0.25, 0.3) is 5.91 Å². The first kappa shape index (κ1) is 15.8. The van der Waals surface area contributed by atoms with E-state index in [4.69, 9.17) is 0 Å². The van der Waals surface area contributed by atoms with E-state index >= 15 is 0 Å². The molecule has 7 heteroatoms. The SMILES string of the molecule is CCn1cc(C(=O)N2CCC(c3ccnc4c3CC(=O)N4)CC2)cn1. The van der Waals surface area contributed by atoms with E-state index < -0.39 is 0 Å². The normalized spacial score (nSPS) is 17.5. The Bertz CT molecular complexity index is 821. The maximum absolute atomic E-state index is 12.6. The highest BCUT2D eigenvalue weighted by molar-refractivity contribution is 5.98. The molecule has 2 aromatic rings. The fraction of sp³-hybridized carbons (Fsp3) is 0.444. The number of carbonyl (C=O) groups excluding carboxylic acids is 2. The number of fused-ring (bicyclic) bond motifs is 1. The number of aromatic nitrogens is 3. The number of nitrogens with zero attached hydrogens (tertiary/aromatic N) is 4. The summed E-state index contributed by atoms with van der Waals surface area (Å²) in [5, 5.41) is 6.99. The number of anilines is 1. The predicted octanol–water partition coefficient (Wildman–Crippen LogP) is 1.81. The van der Waals surface area contributed by atoms with Crippen molar-refractivity contribution in [1.82, 2.24) is 19.7 Å². The Labute approximate surface area is 146 Å². The summed E-state index contributed by atoms with van der Waals surface area (Å²) in [5.74, 6) is 1.13. The van der Waals surface area contributed by atoms with E-state index in [1.54, 1.807) is 23.3 Å². The van der Waals surface area contributed by atoms with Crippen LogP contribution < -0.4 is 5.32 Å². The molecular formula is C18H21N5O2. The molecule has 1 N–H and O–H groups in total. The second-order valence-electron chi connectivity index (χ2n) is 6.60. The van der Waals surface area contributed by atoms with Crippen LogP contribution in [0.5, 0.6) is 0 Å². The Hall–Kier alpha value is -2.70. The maximum atomic E-state index is 12.6. The van der Waals surface area contributed by atoms with Crippen LogP contribution in [0.15, 0.2) is 24.7 Å². The van der Waals surface area contributed by atoms with Crippen LogP contribution in [0.25, 0.3) is 0 Å². The van der Waals surface area contributed by atoms with Gasteiger partial charge < -0.3 is 10.2 Å². The molecular weight excluding hydrogens is 318 g/mol. The van der Waals surface area contributed by atoms with Gasteiger partial charge in [-0.25, -0.2) is 4.98 Å². The number of rotatable bonds is 3. The fourth-order valence-electron chi connectivity index (χ4n) is 3.74. The second-order valence-corrected chi connectivity index (χ2v) is 6.60. The minimum absolute atomic E-state index is 0.00972. The molecule has 0 spiro atoms. The van der Waals surface area contributed by atoms with Crippen molar-refractivity contribution in [3.63, 3.8) is 0 Å². The first-order valence-corrected chi connectivity index (χ1v) is 8.75. The van der Waals surface area contributed by atoms with Crippen molar-refractivity contribution in [2.24, 2.45) is 0 Å². The molecule has 1 saturated heterocycles. The lowest BCUT2D eigenvalue weighted by molar-refractivity contribution is -0.115. The van der Waals surface area contributed by atoms with E-state index in [-0.39, 0.29) is 11.8 Å². The van der Waals surface area contributed by atoms with Crippen LogP contribution in [0, 0.1) is 0 Å². The molecule has 0 aliphatic carbocycles. The van der Waals surface area contributed by atoms with E-state index in [0.29, 0.717) is 23.7 Å². The average Bonchev–Trinajstić information content (AvgIpc) is 3.26. The Morgan fingerprint density at radius 1 is 1.36 bits per heavy atom. The number of aryl methyl sites for hydroxylation is 1. The van der Waals surface area contributed by atoms with Gasteiger partial charge in [0.2, 0.25) is 5.91 Å². The van der Waals surface area contributed by atoms with Crippen molar-refractivity contribution in [3.05, 3.63) is 41.3 Å². The number of likely N-dealkylation sites (tertiary alicyclic amines) is 1. The van der Waals surface area contributed by atoms with Crippen molar-refractivity contribution in [2.45, 2.75) is 38.6 Å². The number of carbonyl (C=O) groups is 2. The van der Waals surface area contributed by atoms with Crippen molar-refractivity contribution >= 4 is 17.6 Å². The van der Waals surface area contributed by atoms with E-state index in [1.165, 1.54) is 5.56 Å². The molecule has 4 rings (SSSR count). The lowest BCUT2D eigenvalue weighted by Crippen LogP contribution is -2.38. The zero-order valence-corrected chi connectivity index (χ0v) is 14.2. The number of hydrogen-bond donors (Lipinski definition) is 1. The maximum Gasteiger partial charge on any atom is 0.257 e. The van der Waals surface area contributed by atoms with E-state index in [9.17, 15) is 9.59 Å². The van der Waals surface area contributed by atoms with Gasteiger partial charge in [-0.05, 0) is 37.3 Å². The summed E-state index contributed by atoms with van der Waals surface area (Å²) in [6.45, 7) is 4.20. The third-order valence-electron chi connectivity index (χ3n) is 5.11. The minimum Gasteiger partial charge on any atom is -0.339 e. The summed E-state index contributed by atoms with van der Waals surface area (Å²) < 4.78 is 1.77. The summed E-state index contributed by atoms with van der Waals surface area (Å²) in [7, 11) is 0. The van der Waals surface area contributed by atoms with Gasteiger partial charge in [0, 0.05) is 37.6 Å². The summed E-state index contributed by atoms with van der Waals surface area (Å²) >= 11 is 0. The first-order chi connectivity index (χ1) is 12.2. The monoisotopic (exact) mass is 339 g/mol. The molecule has 0 unspecified atom stereocenters. The molecule has 0 bridgehead atoms. The molecule has 2 amide bonds. The van der Waals surface area contributed by atoms with E-state index in [2.05, 4.69) is 15.4 Å². The third kappa shape index (κ3) is 2.90. The van der Waals surface area contributed by atoms with E-state index in [0.717, 1.165) is 38.0 Å². The molecule has 2 aromatic heterocycles. The lowest BCUT2D eigenvalue weighted by Gasteiger charge is -2.32. The van der Waals surface area contributed by atoms with Gasteiger partial charge in [-0.2, -0.15) is 5.10 Å². The van der Waals surface area contributed by atoms with Crippen LogP contribution in [0.4, 0.5) is 5.82 Å². The largest absolute Gasteiger partial charge is 0.339 e. The van der Waals surface area contributed by atoms with Gasteiger partial charge in [0.05, 0.1) is 18.2 Å². The fourth-order valence-corrected chi connectivity index (χ4v) is 3.74. The highest BCUT2D eigenvalue weighted by atomic mass is 16.2. The highest BCUT2D eigenvalue weighted by Gasteiger charge is 2.29. The topological polar surface area (TPSA) is 80.1 Å². The molecule has 25 heavy (non-hydrogen) atoms. The Kier molecular flexibility index (Phi) is 3.99. The standard InChI is InChI=1S/C18H21N5O2/c1-2-23-11-13(10-20-23)18(25)22-7-4-12(5-8-22)14-3-6-19-17-15(14)9-16(24)21-17/h3,6,10-12H,2,4-5,7-9H2,1H3,(H,19,21,24). The van der Waals surface area contributed by atoms with Crippen molar-refractivity contribution < 1.29 is 9.59 Å². The molecule has 1 fully saturated rings. The number of hydrogen-bond acceptors (Lipinski definition) is 4. The van der Waals surface area contributed by atoms with Crippen LogP contribution in [0.3, 0.4) is 0 Å². The summed E-state index contributed by atoms with van der Waals surface area (Å²) in [4.78, 5) is 30.4. The molecule has 4 heterocycles. The van der Waals surface area contributed by atoms with Gasteiger partial charge in [0.1, 0.15) is 5.82 Å². The smallest absolute Gasteiger partial charge is 0.257 e. The molecule has 0 saturated carbocycles. The lowest BCUT2D eigenvalue weighted by atomic mass is 9.86. The summed E-state index contributed by atoms with van der Waals surface area (Å²) in [5.41, 5.74) is 2.88. The zero-order chi connectivity index (χ0) is 17.4. The van der Waals surface area contributed by atoms with Gasteiger partial charge in [-0.1, -0.05) is 0 Å². The number of nitrogens with one attached hydrogen (secondary N) is 1. The Balaban J connectivity index is 1.45. The molecule has 0 radical (unpaired) electrons. The van der Waals surface area contributed by atoms with Crippen LogP contribution >= 0.6 is 0 Å². The average molecular weight is 339 g/mol. The number of piperidine rings is 1.